The lowest BCUT2D eigenvalue weighted by atomic mass is 9.65. The summed E-state index contributed by atoms with van der Waals surface area (Å²) in [6, 6.07) is 1.85. The number of hydrogen-bond acceptors (Lipinski definition) is 5. The second-order valence-corrected chi connectivity index (χ2v) is 4.57. The number of nitrogen functional groups attached to an aromatic ring is 1. The molecule has 4 N–H and O–H groups in total. The number of hydrogen-bond donors (Lipinski definition) is 3. The second-order valence-electron chi connectivity index (χ2n) is 4.57. The molecule has 0 saturated heterocycles. The van der Waals surface area contributed by atoms with E-state index in [9.17, 15) is 5.11 Å². The summed E-state index contributed by atoms with van der Waals surface area (Å²) in [5.74, 6) is 0.977. The maximum atomic E-state index is 9.57. The smallest absolute Gasteiger partial charge is 0.224 e. The topological polar surface area (TPSA) is 84.1 Å². The van der Waals surface area contributed by atoms with E-state index in [1.807, 2.05) is 13.8 Å². The molecule has 1 aliphatic rings. The van der Waals surface area contributed by atoms with Gasteiger partial charge in [0.25, 0.3) is 0 Å². The SMILES string of the molecule is CC1(C)C(O)CC1Nc1nccc(N)n1. The molecule has 0 bridgehead atoms. The highest BCUT2D eigenvalue weighted by Gasteiger charge is 2.47. The van der Waals surface area contributed by atoms with Crippen molar-refractivity contribution in [3.8, 4) is 0 Å². The van der Waals surface area contributed by atoms with Crippen molar-refractivity contribution in [3.63, 3.8) is 0 Å². The van der Waals surface area contributed by atoms with Crippen LogP contribution in [0.2, 0.25) is 0 Å². The van der Waals surface area contributed by atoms with Gasteiger partial charge in [-0.3, -0.25) is 0 Å². The van der Waals surface area contributed by atoms with Crippen LogP contribution in [0.3, 0.4) is 0 Å². The van der Waals surface area contributed by atoms with Gasteiger partial charge in [0, 0.05) is 17.7 Å². The Kier molecular flexibility index (Phi) is 2.26. The zero-order valence-electron chi connectivity index (χ0n) is 8.94. The van der Waals surface area contributed by atoms with Gasteiger partial charge < -0.3 is 16.2 Å². The minimum Gasteiger partial charge on any atom is -0.392 e. The van der Waals surface area contributed by atoms with Gasteiger partial charge in [-0.1, -0.05) is 13.8 Å². The average Bonchev–Trinajstić information content (AvgIpc) is 2.17. The number of aliphatic hydroxyl groups is 1. The van der Waals surface area contributed by atoms with Crippen LogP contribution in [0.4, 0.5) is 11.8 Å². The fraction of sp³-hybridized carbons (Fsp3) is 0.600. The Labute approximate surface area is 88.7 Å². The third-order valence-corrected chi connectivity index (χ3v) is 3.20. The van der Waals surface area contributed by atoms with Crippen LogP contribution in [0.1, 0.15) is 20.3 Å². The summed E-state index contributed by atoms with van der Waals surface area (Å²) in [7, 11) is 0. The first-order valence-corrected chi connectivity index (χ1v) is 5.03. The first-order valence-electron chi connectivity index (χ1n) is 5.03. The van der Waals surface area contributed by atoms with Crippen molar-refractivity contribution >= 4 is 11.8 Å². The van der Waals surface area contributed by atoms with E-state index in [2.05, 4.69) is 15.3 Å². The Hall–Kier alpha value is -1.36. The number of aromatic nitrogens is 2. The van der Waals surface area contributed by atoms with E-state index in [1.54, 1.807) is 12.3 Å². The molecule has 0 spiro atoms. The van der Waals surface area contributed by atoms with Gasteiger partial charge in [-0.15, -0.1) is 0 Å². The summed E-state index contributed by atoms with van der Waals surface area (Å²) in [6.07, 6.45) is 2.09. The van der Waals surface area contributed by atoms with Gasteiger partial charge in [-0.05, 0) is 12.5 Å². The molecule has 1 saturated carbocycles. The molecule has 0 aliphatic heterocycles. The van der Waals surface area contributed by atoms with Gasteiger partial charge in [0.15, 0.2) is 0 Å². The number of nitrogens with one attached hydrogen (secondary N) is 1. The largest absolute Gasteiger partial charge is 0.392 e. The molecule has 82 valence electrons. The lowest BCUT2D eigenvalue weighted by Gasteiger charge is -2.49. The monoisotopic (exact) mass is 208 g/mol. The van der Waals surface area contributed by atoms with Crippen LogP contribution in [0.15, 0.2) is 12.3 Å². The Morgan fingerprint density at radius 1 is 1.60 bits per heavy atom. The van der Waals surface area contributed by atoms with Gasteiger partial charge in [-0.2, -0.15) is 4.98 Å². The predicted molar refractivity (Wildman–Crippen MR) is 58.3 cm³/mol. The molecule has 5 heteroatoms. The summed E-state index contributed by atoms with van der Waals surface area (Å²) in [4.78, 5) is 8.13. The molecule has 1 aromatic rings. The standard InChI is InChI=1S/C10H16N4O/c1-10(2)6(5-7(10)15)13-9-12-4-3-8(11)14-9/h3-4,6-7,15H,5H2,1-2H3,(H3,11,12,13,14). The van der Waals surface area contributed by atoms with Crippen molar-refractivity contribution in [2.45, 2.75) is 32.4 Å². The molecule has 1 heterocycles. The van der Waals surface area contributed by atoms with Crippen LogP contribution < -0.4 is 11.1 Å². The summed E-state index contributed by atoms with van der Waals surface area (Å²) < 4.78 is 0. The van der Waals surface area contributed by atoms with E-state index in [1.165, 1.54) is 0 Å². The summed E-state index contributed by atoms with van der Waals surface area (Å²) in [6.45, 7) is 4.04. The van der Waals surface area contributed by atoms with Gasteiger partial charge in [0.05, 0.1) is 6.10 Å². The Morgan fingerprint density at radius 3 is 2.87 bits per heavy atom. The highest BCUT2D eigenvalue weighted by Crippen LogP contribution is 2.41. The number of aliphatic hydroxyl groups excluding tert-OH is 1. The van der Waals surface area contributed by atoms with Crippen LogP contribution in [-0.4, -0.2) is 27.2 Å². The van der Waals surface area contributed by atoms with E-state index < -0.39 is 0 Å². The quantitative estimate of drug-likeness (QED) is 0.664. The minimum atomic E-state index is -0.254. The number of nitrogens with two attached hydrogens (primary N) is 1. The van der Waals surface area contributed by atoms with Crippen molar-refractivity contribution in [1.29, 1.82) is 0 Å². The number of nitrogens with zero attached hydrogens (tertiary/aromatic N) is 2. The number of anilines is 2. The molecule has 2 rings (SSSR count). The number of rotatable bonds is 2. The zero-order valence-corrected chi connectivity index (χ0v) is 8.94. The van der Waals surface area contributed by atoms with Crippen LogP contribution in [0, 0.1) is 5.41 Å². The van der Waals surface area contributed by atoms with Crippen LogP contribution in [-0.2, 0) is 0 Å². The minimum absolute atomic E-state index is 0.131. The van der Waals surface area contributed by atoms with Crippen molar-refractivity contribution in [2.24, 2.45) is 5.41 Å². The van der Waals surface area contributed by atoms with Gasteiger partial charge in [-0.25, -0.2) is 4.98 Å². The Morgan fingerprint density at radius 2 is 2.33 bits per heavy atom. The molecule has 0 radical (unpaired) electrons. The van der Waals surface area contributed by atoms with Crippen LogP contribution >= 0.6 is 0 Å². The second kappa shape index (κ2) is 3.34. The maximum Gasteiger partial charge on any atom is 0.224 e. The first-order chi connectivity index (χ1) is 7.00. The zero-order chi connectivity index (χ0) is 11.1. The third kappa shape index (κ3) is 1.74. The lowest BCUT2D eigenvalue weighted by Crippen LogP contribution is -2.57. The fourth-order valence-corrected chi connectivity index (χ4v) is 1.75. The molecule has 2 unspecified atom stereocenters. The summed E-state index contributed by atoms with van der Waals surface area (Å²) in [5.41, 5.74) is 5.42. The molecular formula is C10H16N4O. The molecular weight excluding hydrogens is 192 g/mol. The van der Waals surface area contributed by atoms with E-state index in [-0.39, 0.29) is 17.6 Å². The molecule has 1 fully saturated rings. The third-order valence-electron chi connectivity index (χ3n) is 3.20. The van der Waals surface area contributed by atoms with Crippen molar-refractivity contribution in [1.82, 2.24) is 9.97 Å². The average molecular weight is 208 g/mol. The van der Waals surface area contributed by atoms with Crippen molar-refractivity contribution in [2.75, 3.05) is 11.1 Å². The molecule has 2 atom stereocenters. The van der Waals surface area contributed by atoms with Crippen molar-refractivity contribution in [3.05, 3.63) is 12.3 Å². The lowest BCUT2D eigenvalue weighted by molar-refractivity contribution is -0.0512. The predicted octanol–water partition coefficient (Wildman–Crippen LogP) is 0.630. The summed E-state index contributed by atoms with van der Waals surface area (Å²) in [5, 5.41) is 12.8. The van der Waals surface area contributed by atoms with E-state index in [4.69, 9.17) is 5.73 Å². The highest BCUT2D eigenvalue weighted by molar-refractivity contribution is 5.37. The van der Waals surface area contributed by atoms with E-state index in [0.29, 0.717) is 11.8 Å². The normalized spacial score (nSPS) is 28.2. The fourth-order valence-electron chi connectivity index (χ4n) is 1.75. The molecule has 15 heavy (non-hydrogen) atoms. The maximum absolute atomic E-state index is 9.57. The molecule has 0 amide bonds. The van der Waals surface area contributed by atoms with Gasteiger partial charge in [0.1, 0.15) is 5.82 Å². The molecule has 5 nitrogen and oxygen atoms in total. The van der Waals surface area contributed by atoms with E-state index >= 15 is 0 Å². The highest BCUT2D eigenvalue weighted by atomic mass is 16.3. The first kappa shape index (κ1) is 10.2. The Balaban J connectivity index is 2.05. The van der Waals surface area contributed by atoms with Crippen LogP contribution in [0.25, 0.3) is 0 Å². The summed E-state index contributed by atoms with van der Waals surface area (Å²) >= 11 is 0. The van der Waals surface area contributed by atoms with Gasteiger partial charge in [0.2, 0.25) is 5.95 Å². The molecule has 1 aromatic heterocycles. The Bertz CT molecular complexity index is 366. The molecule has 1 aliphatic carbocycles. The van der Waals surface area contributed by atoms with E-state index in [0.717, 1.165) is 6.42 Å². The van der Waals surface area contributed by atoms with Crippen molar-refractivity contribution < 1.29 is 5.11 Å². The van der Waals surface area contributed by atoms with Gasteiger partial charge >= 0.3 is 0 Å². The molecule has 0 aromatic carbocycles. The van der Waals surface area contributed by atoms with Crippen LogP contribution in [0.5, 0.6) is 0 Å².